The second-order valence-electron chi connectivity index (χ2n) is 6.66. The molecule has 1 N–H and O–H groups in total. The van der Waals surface area contributed by atoms with E-state index in [9.17, 15) is 0 Å². The van der Waals surface area contributed by atoms with Crippen molar-refractivity contribution >= 4 is 16.9 Å². The zero-order valence-corrected chi connectivity index (χ0v) is 13.0. The smallest absolute Gasteiger partial charge is 0.156 e. The van der Waals surface area contributed by atoms with Crippen LogP contribution >= 0.6 is 11.8 Å². The van der Waals surface area contributed by atoms with Gasteiger partial charge in [-0.15, -0.1) is 0 Å². The molecule has 0 spiro atoms. The molecule has 0 fully saturated rings. The molecule has 2 atom stereocenters. The monoisotopic (exact) mass is 256 g/mol. The highest BCUT2D eigenvalue weighted by atomic mass is 32.2. The molecular weight excluding hydrogens is 228 g/mol. The van der Waals surface area contributed by atoms with E-state index in [1.165, 1.54) is 6.42 Å². The Hall–Kier alpha value is -0.180. The van der Waals surface area contributed by atoms with E-state index in [0.717, 1.165) is 24.2 Å². The average Bonchev–Trinajstić information content (AvgIpc) is 2.59. The highest BCUT2D eigenvalue weighted by Gasteiger charge is 2.23. The summed E-state index contributed by atoms with van der Waals surface area (Å²) in [5.74, 6) is 1.44. The first-order valence-electron chi connectivity index (χ1n) is 6.74. The van der Waals surface area contributed by atoms with Gasteiger partial charge in [-0.1, -0.05) is 53.3 Å². The van der Waals surface area contributed by atoms with Gasteiger partial charge in [0.15, 0.2) is 5.17 Å². The molecule has 0 amide bonds. The predicted octanol–water partition coefficient (Wildman–Crippen LogP) is 3.78. The van der Waals surface area contributed by atoms with Crippen LogP contribution in [0.4, 0.5) is 0 Å². The number of amidine groups is 1. The fourth-order valence-electron chi connectivity index (χ4n) is 1.71. The van der Waals surface area contributed by atoms with Crippen LogP contribution < -0.4 is 5.32 Å². The minimum atomic E-state index is 0.369. The van der Waals surface area contributed by atoms with E-state index in [1.54, 1.807) is 0 Å². The Balaban J connectivity index is 2.27. The standard InChI is InChI=1S/C14H28N2S/c1-10(2)7-12-9-16-13(17-12)15-8-11(3)14(4,5)6/h10-12H,7-9H2,1-6H3,(H,15,16). The van der Waals surface area contributed by atoms with E-state index < -0.39 is 0 Å². The van der Waals surface area contributed by atoms with Gasteiger partial charge in [0.1, 0.15) is 0 Å². The molecule has 0 aromatic heterocycles. The van der Waals surface area contributed by atoms with E-state index in [0.29, 0.717) is 16.6 Å². The van der Waals surface area contributed by atoms with Crippen LogP contribution in [-0.2, 0) is 0 Å². The van der Waals surface area contributed by atoms with E-state index in [1.807, 2.05) is 11.8 Å². The molecule has 1 aliphatic heterocycles. The van der Waals surface area contributed by atoms with E-state index in [-0.39, 0.29) is 0 Å². The maximum absolute atomic E-state index is 4.59. The summed E-state index contributed by atoms with van der Waals surface area (Å²) in [5, 5.41) is 5.36. The van der Waals surface area contributed by atoms with Gasteiger partial charge in [0.2, 0.25) is 0 Å². The topological polar surface area (TPSA) is 24.4 Å². The Bertz CT molecular complexity index is 266. The van der Waals surface area contributed by atoms with Crippen LogP contribution in [-0.4, -0.2) is 23.5 Å². The molecule has 17 heavy (non-hydrogen) atoms. The summed E-state index contributed by atoms with van der Waals surface area (Å²) in [6.07, 6.45) is 1.27. The lowest BCUT2D eigenvalue weighted by molar-refractivity contribution is 0.262. The first-order valence-corrected chi connectivity index (χ1v) is 7.62. The molecule has 100 valence electrons. The highest BCUT2D eigenvalue weighted by molar-refractivity contribution is 8.14. The second-order valence-corrected chi connectivity index (χ2v) is 7.95. The lowest BCUT2D eigenvalue weighted by Crippen LogP contribution is -2.32. The van der Waals surface area contributed by atoms with Crippen LogP contribution in [0.25, 0.3) is 0 Å². The van der Waals surface area contributed by atoms with Crippen molar-refractivity contribution in [2.75, 3.05) is 13.1 Å². The number of rotatable bonds is 4. The van der Waals surface area contributed by atoms with Gasteiger partial charge in [0.25, 0.3) is 0 Å². The summed E-state index contributed by atoms with van der Waals surface area (Å²) >= 11 is 1.93. The largest absolute Gasteiger partial charge is 0.365 e. The van der Waals surface area contributed by atoms with Crippen LogP contribution in [0.5, 0.6) is 0 Å². The van der Waals surface area contributed by atoms with Gasteiger partial charge >= 0.3 is 0 Å². The van der Waals surface area contributed by atoms with Gasteiger partial charge in [0, 0.05) is 11.8 Å². The number of nitrogens with zero attached hydrogens (tertiary/aromatic N) is 1. The SMILES string of the molecule is CC(C)CC1CN=C(NCC(C)C(C)(C)C)S1. The maximum Gasteiger partial charge on any atom is 0.156 e. The van der Waals surface area contributed by atoms with Gasteiger partial charge in [-0.25, -0.2) is 0 Å². The molecule has 0 saturated carbocycles. The molecule has 1 aliphatic rings. The van der Waals surface area contributed by atoms with Crippen molar-refractivity contribution in [1.29, 1.82) is 0 Å². The van der Waals surface area contributed by atoms with Crippen molar-refractivity contribution in [3.63, 3.8) is 0 Å². The van der Waals surface area contributed by atoms with Crippen LogP contribution in [0.2, 0.25) is 0 Å². The lowest BCUT2D eigenvalue weighted by Gasteiger charge is -2.27. The Morgan fingerprint density at radius 1 is 1.35 bits per heavy atom. The second kappa shape index (κ2) is 6.12. The van der Waals surface area contributed by atoms with Gasteiger partial charge in [0.05, 0.1) is 6.54 Å². The first-order chi connectivity index (χ1) is 7.79. The van der Waals surface area contributed by atoms with Crippen molar-refractivity contribution in [3.8, 4) is 0 Å². The third-order valence-electron chi connectivity index (χ3n) is 3.49. The van der Waals surface area contributed by atoms with Crippen molar-refractivity contribution in [3.05, 3.63) is 0 Å². The minimum Gasteiger partial charge on any atom is -0.365 e. The van der Waals surface area contributed by atoms with E-state index in [4.69, 9.17) is 0 Å². The molecular formula is C14H28N2S. The summed E-state index contributed by atoms with van der Waals surface area (Å²) in [7, 11) is 0. The Labute approximate surface area is 111 Å². The highest BCUT2D eigenvalue weighted by Crippen LogP contribution is 2.27. The predicted molar refractivity (Wildman–Crippen MR) is 79.8 cm³/mol. The van der Waals surface area contributed by atoms with Gasteiger partial charge < -0.3 is 5.32 Å². The Morgan fingerprint density at radius 3 is 2.53 bits per heavy atom. The number of aliphatic imine (C=N–C) groups is 1. The Kier molecular flexibility index (Phi) is 5.36. The van der Waals surface area contributed by atoms with Crippen LogP contribution in [0.3, 0.4) is 0 Å². The lowest BCUT2D eigenvalue weighted by atomic mass is 9.82. The summed E-state index contributed by atoms with van der Waals surface area (Å²) in [6, 6.07) is 0. The van der Waals surface area contributed by atoms with Crippen LogP contribution in [0.15, 0.2) is 4.99 Å². The van der Waals surface area contributed by atoms with E-state index >= 15 is 0 Å². The third-order valence-corrected chi connectivity index (χ3v) is 4.66. The van der Waals surface area contributed by atoms with E-state index in [2.05, 4.69) is 51.9 Å². The first kappa shape index (κ1) is 14.9. The number of nitrogens with one attached hydrogen (secondary N) is 1. The molecule has 0 saturated heterocycles. The molecule has 0 bridgehead atoms. The van der Waals surface area contributed by atoms with Crippen molar-refractivity contribution in [2.24, 2.45) is 22.2 Å². The molecule has 0 aromatic carbocycles. The fraction of sp³-hybridized carbons (Fsp3) is 0.929. The molecule has 0 aromatic rings. The van der Waals surface area contributed by atoms with Crippen molar-refractivity contribution in [1.82, 2.24) is 5.32 Å². The number of hydrogen-bond donors (Lipinski definition) is 1. The number of hydrogen-bond acceptors (Lipinski definition) is 3. The third kappa shape index (κ3) is 5.33. The molecule has 3 heteroatoms. The average molecular weight is 256 g/mol. The number of thioether (sulfide) groups is 1. The van der Waals surface area contributed by atoms with Crippen molar-refractivity contribution < 1.29 is 0 Å². The zero-order valence-electron chi connectivity index (χ0n) is 12.2. The molecule has 1 heterocycles. The van der Waals surface area contributed by atoms with Crippen LogP contribution in [0, 0.1) is 17.3 Å². The summed E-state index contributed by atoms with van der Waals surface area (Å²) < 4.78 is 0. The van der Waals surface area contributed by atoms with Crippen molar-refractivity contribution in [2.45, 2.75) is 53.2 Å². The zero-order chi connectivity index (χ0) is 13.1. The maximum atomic E-state index is 4.59. The molecule has 1 rings (SSSR count). The van der Waals surface area contributed by atoms with Gasteiger partial charge in [-0.2, -0.15) is 0 Å². The molecule has 0 aliphatic carbocycles. The fourth-order valence-corrected chi connectivity index (χ4v) is 2.97. The molecule has 2 nitrogen and oxygen atoms in total. The molecule has 2 unspecified atom stereocenters. The summed E-state index contributed by atoms with van der Waals surface area (Å²) in [5.41, 5.74) is 0.369. The Morgan fingerprint density at radius 2 is 2.00 bits per heavy atom. The summed E-state index contributed by atoms with van der Waals surface area (Å²) in [4.78, 5) is 4.59. The molecule has 0 radical (unpaired) electrons. The van der Waals surface area contributed by atoms with Crippen LogP contribution in [0.1, 0.15) is 48.0 Å². The quantitative estimate of drug-likeness (QED) is 0.828. The normalized spacial score (nSPS) is 22.8. The van der Waals surface area contributed by atoms with Gasteiger partial charge in [-0.05, 0) is 23.7 Å². The minimum absolute atomic E-state index is 0.369. The van der Waals surface area contributed by atoms with Gasteiger partial charge in [-0.3, -0.25) is 4.99 Å². The summed E-state index contributed by atoms with van der Waals surface area (Å²) in [6.45, 7) is 15.8.